The molecule has 1 N–H and O–H groups in total. The number of nitrogens with one attached hydrogen (secondary N) is 1. The highest BCUT2D eigenvalue weighted by molar-refractivity contribution is 7.99. The van der Waals surface area contributed by atoms with Gasteiger partial charge in [0.1, 0.15) is 5.82 Å². The first-order chi connectivity index (χ1) is 10.2. The summed E-state index contributed by atoms with van der Waals surface area (Å²) in [4.78, 5) is 1.71. The predicted octanol–water partition coefficient (Wildman–Crippen LogP) is 4.02. The summed E-state index contributed by atoms with van der Waals surface area (Å²) in [5, 5.41) is 3.21. The van der Waals surface area contributed by atoms with Crippen molar-refractivity contribution in [3.8, 4) is 0 Å². The number of rotatable bonds is 7. The maximum atomic E-state index is 14.1. The van der Waals surface area contributed by atoms with Crippen LogP contribution in [0.25, 0.3) is 0 Å². The van der Waals surface area contributed by atoms with E-state index in [1.165, 1.54) is 17.3 Å². The summed E-state index contributed by atoms with van der Waals surface area (Å²) >= 11 is 1.45. The van der Waals surface area contributed by atoms with Gasteiger partial charge in [0.15, 0.2) is 0 Å². The molecule has 0 aliphatic heterocycles. The first-order valence-corrected chi connectivity index (χ1v) is 7.73. The van der Waals surface area contributed by atoms with E-state index in [1.54, 1.807) is 13.2 Å². The second-order valence-corrected chi connectivity index (χ2v) is 5.97. The van der Waals surface area contributed by atoms with Gasteiger partial charge in [0, 0.05) is 30.0 Å². The van der Waals surface area contributed by atoms with E-state index in [1.807, 2.05) is 37.3 Å². The van der Waals surface area contributed by atoms with Crippen LogP contribution in [0.1, 0.15) is 11.1 Å². The summed E-state index contributed by atoms with van der Waals surface area (Å²) < 4.78 is 19.1. The van der Waals surface area contributed by atoms with Gasteiger partial charge < -0.3 is 10.1 Å². The molecule has 2 aromatic rings. The first kappa shape index (κ1) is 16.0. The molecule has 21 heavy (non-hydrogen) atoms. The molecule has 0 amide bonds. The number of methoxy groups -OCH3 is 1. The van der Waals surface area contributed by atoms with Gasteiger partial charge in [0.25, 0.3) is 0 Å². The second-order valence-electron chi connectivity index (χ2n) is 4.85. The van der Waals surface area contributed by atoms with E-state index in [0.717, 1.165) is 17.0 Å². The van der Waals surface area contributed by atoms with E-state index in [-0.39, 0.29) is 5.82 Å². The molecule has 112 valence electrons. The molecule has 0 aliphatic rings. The Hall–Kier alpha value is -1.36. The van der Waals surface area contributed by atoms with Gasteiger partial charge in [-0.25, -0.2) is 4.39 Å². The highest BCUT2D eigenvalue weighted by Gasteiger charge is 2.06. The van der Waals surface area contributed by atoms with Crippen LogP contribution in [-0.4, -0.2) is 20.3 Å². The molecule has 0 saturated heterocycles. The zero-order valence-corrected chi connectivity index (χ0v) is 13.2. The molecule has 0 aromatic heterocycles. The number of hydrogen-bond acceptors (Lipinski definition) is 3. The van der Waals surface area contributed by atoms with Gasteiger partial charge in [0.05, 0.1) is 6.61 Å². The number of ether oxygens (including phenoxy) is 1. The smallest absolute Gasteiger partial charge is 0.137 e. The third-order valence-electron chi connectivity index (χ3n) is 3.03. The van der Waals surface area contributed by atoms with E-state index < -0.39 is 0 Å². The third-order valence-corrected chi connectivity index (χ3v) is 4.07. The lowest BCUT2D eigenvalue weighted by atomic mass is 10.2. The average Bonchev–Trinajstić information content (AvgIpc) is 2.46. The minimum atomic E-state index is -0.174. The Kier molecular flexibility index (Phi) is 6.23. The zero-order valence-electron chi connectivity index (χ0n) is 12.4. The lowest BCUT2D eigenvalue weighted by Gasteiger charge is -2.08. The number of benzene rings is 2. The standard InChI is InChI=1S/C17H20FNOS/c1-13-4-3-5-15(10-13)21-17-7-6-14(11-16(17)18)12-19-8-9-20-2/h3-7,10-11,19H,8-9,12H2,1-2H3. The molecule has 0 fully saturated rings. The number of hydrogen-bond donors (Lipinski definition) is 1. The summed E-state index contributed by atoms with van der Waals surface area (Å²) in [5.74, 6) is -0.174. The summed E-state index contributed by atoms with van der Waals surface area (Å²) in [6.07, 6.45) is 0. The van der Waals surface area contributed by atoms with Crippen LogP contribution in [0.5, 0.6) is 0 Å². The van der Waals surface area contributed by atoms with Crippen molar-refractivity contribution in [2.45, 2.75) is 23.3 Å². The van der Waals surface area contributed by atoms with Gasteiger partial charge in [-0.3, -0.25) is 0 Å². The van der Waals surface area contributed by atoms with Crippen molar-refractivity contribution < 1.29 is 9.13 Å². The van der Waals surface area contributed by atoms with Crippen LogP contribution in [0.4, 0.5) is 4.39 Å². The first-order valence-electron chi connectivity index (χ1n) is 6.91. The molecule has 0 radical (unpaired) electrons. The largest absolute Gasteiger partial charge is 0.383 e. The van der Waals surface area contributed by atoms with E-state index in [9.17, 15) is 4.39 Å². The average molecular weight is 305 g/mol. The van der Waals surface area contributed by atoms with Gasteiger partial charge in [0.2, 0.25) is 0 Å². The van der Waals surface area contributed by atoms with Crippen molar-refractivity contribution >= 4 is 11.8 Å². The van der Waals surface area contributed by atoms with Gasteiger partial charge in [-0.2, -0.15) is 0 Å². The minimum Gasteiger partial charge on any atom is -0.383 e. The van der Waals surface area contributed by atoms with Crippen LogP contribution in [0.3, 0.4) is 0 Å². The second kappa shape index (κ2) is 8.17. The van der Waals surface area contributed by atoms with Crippen molar-refractivity contribution in [2.75, 3.05) is 20.3 Å². The lowest BCUT2D eigenvalue weighted by Crippen LogP contribution is -2.18. The molecule has 4 heteroatoms. The molecular weight excluding hydrogens is 285 g/mol. The van der Waals surface area contributed by atoms with Crippen LogP contribution in [0.2, 0.25) is 0 Å². The highest BCUT2D eigenvalue weighted by Crippen LogP contribution is 2.30. The number of aryl methyl sites for hydroxylation is 1. The topological polar surface area (TPSA) is 21.3 Å². The fourth-order valence-electron chi connectivity index (χ4n) is 1.95. The van der Waals surface area contributed by atoms with Crippen LogP contribution in [0, 0.1) is 12.7 Å². The molecule has 2 aromatic carbocycles. The van der Waals surface area contributed by atoms with Crippen LogP contribution in [-0.2, 0) is 11.3 Å². The Morgan fingerprint density at radius 3 is 2.76 bits per heavy atom. The Morgan fingerprint density at radius 2 is 2.05 bits per heavy atom. The predicted molar refractivity (Wildman–Crippen MR) is 85.3 cm³/mol. The van der Waals surface area contributed by atoms with Gasteiger partial charge in [-0.15, -0.1) is 0 Å². The van der Waals surface area contributed by atoms with E-state index in [4.69, 9.17) is 4.74 Å². The lowest BCUT2D eigenvalue weighted by molar-refractivity contribution is 0.199. The molecular formula is C17H20FNOS. The zero-order chi connectivity index (χ0) is 15.1. The van der Waals surface area contributed by atoms with Crippen molar-refractivity contribution in [1.82, 2.24) is 5.32 Å². The van der Waals surface area contributed by atoms with Crippen LogP contribution in [0.15, 0.2) is 52.3 Å². The molecule has 0 spiro atoms. The van der Waals surface area contributed by atoms with E-state index in [2.05, 4.69) is 11.4 Å². The molecule has 0 atom stereocenters. The van der Waals surface area contributed by atoms with Gasteiger partial charge in [-0.1, -0.05) is 35.5 Å². The quantitative estimate of drug-likeness (QED) is 0.781. The van der Waals surface area contributed by atoms with Gasteiger partial charge >= 0.3 is 0 Å². The van der Waals surface area contributed by atoms with Crippen LogP contribution < -0.4 is 5.32 Å². The van der Waals surface area contributed by atoms with Crippen molar-refractivity contribution in [1.29, 1.82) is 0 Å². The SMILES string of the molecule is COCCNCc1ccc(Sc2cccc(C)c2)c(F)c1. The van der Waals surface area contributed by atoms with Gasteiger partial charge in [-0.05, 0) is 36.8 Å². The Bertz CT molecular complexity index is 589. The number of halogens is 1. The third kappa shape index (κ3) is 5.16. The van der Waals surface area contributed by atoms with E-state index >= 15 is 0 Å². The van der Waals surface area contributed by atoms with Crippen molar-refractivity contribution in [2.24, 2.45) is 0 Å². The molecule has 0 bridgehead atoms. The Labute approximate surface area is 129 Å². The van der Waals surface area contributed by atoms with E-state index in [0.29, 0.717) is 18.0 Å². The minimum absolute atomic E-state index is 0.174. The highest BCUT2D eigenvalue weighted by atomic mass is 32.2. The molecule has 2 nitrogen and oxygen atoms in total. The van der Waals surface area contributed by atoms with Crippen molar-refractivity contribution in [3.05, 3.63) is 59.4 Å². The molecule has 0 unspecified atom stereocenters. The summed E-state index contributed by atoms with van der Waals surface area (Å²) in [7, 11) is 1.67. The van der Waals surface area contributed by atoms with Crippen LogP contribution >= 0.6 is 11.8 Å². The molecule has 0 aliphatic carbocycles. The maximum absolute atomic E-state index is 14.1. The molecule has 2 rings (SSSR count). The summed E-state index contributed by atoms with van der Waals surface area (Å²) in [6, 6.07) is 13.5. The summed E-state index contributed by atoms with van der Waals surface area (Å²) in [5.41, 5.74) is 2.12. The molecule has 0 heterocycles. The maximum Gasteiger partial charge on any atom is 0.137 e. The monoisotopic (exact) mass is 305 g/mol. The molecule has 0 saturated carbocycles. The summed E-state index contributed by atoms with van der Waals surface area (Å²) in [6.45, 7) is 4.10. The fraction of sp³-hybridized carbons (Fsp3) is 0.294. The Balaban J connectivity index is 1.98. The van der Waals surface area contributed by atoms with Crippen molar-refractivity contribution in [3.63, 3.8) is 0 Å². The normalized spacial score (nSPS) is 10.8. The Morgan fingerprint density at radius 1 is 1.19 bits per heavy atom. The fourth-order valence-corrected chi connectivity index (χ4v) is 2.89.